The number of aromatic nitrogens is 1. The molecule has 7 nitrogen and oxygen atoms in total. The number of piperazine rings is 1. The summed E-state index contributed by atoms with van der Waals surface area (Å²) in [4.78, 5) is 17.8. The number of carbonyl (C=O) groups excluding carboxylic acids is 1. The van der Waals surface area contributed by atoms with Crippen molar-refractivity contribution in [1.29, 1.82) is 0 Å². The van der Waals surface area contributed by atoms with Crippen LogP contribution in [0.2, 0.25) is 0 Å². The number of carbonyl (C=O) groups is 1. The molecule has 1 aromatic carbocycles. The third-order valence-corrected chi connectivity index (χ3v) is 7.01. The zero-order valence-corrected chi connectivity index (χ0v) is 16.1. The van der Waals surface area contributed by atoms with Crippen molar-refractivity contribution in [1.82, 2.24) is 14.2 Å². The summed E-state index contributed by atoms with van der Waals surface area (Å²) in [6, 6.07) is 8.24. The highest BCUT2D eigenvalue weighted by Crippen LogP contribution is 2.33. The normalized spacial score (nSPS) is 22.3. The minimum atomic E-state index is -3.70. The van der Waals surface area contributed by atoms with E-state index in [1.165, 1.54) is 53.8 Å². The van der Waals surface area contributed by atoms with Gasteiger partial charge in [-0.1, -0.05) is 0 Å². The maximum Gasteiger partial charge on any atom is 0.244 e. The SMILES string of the molecule is CC(=O)N1[C@@H]2CC[C@H]1CN(S(=O)(=O)c1ccc(Oc3ccc(F)cc3)nc1)C2. The molecule has 0 N–H and O–H groups in total. The van der Waals surface area contributed by atoms with Crippen molar-refractivity contribution >= 4 is 15.9 Å². The van der Waals surface area contributed by atoms with E-state index >= 15 is 0 Å². The van der Waals surface area contributed by atoms with Crippen LogP contribution in [-0.2, 0) is 14.8 Å². The van der Waals surface area contributed by atoms with E-state index in [2.05, 4.69) is 4.98 Å². The fourth-order valence-corrected chi connectivity index (χ4v) is 5.39. The first-order valence-electron chi connectivity index (χ1n) is 9.03. The van der Waals surface area contributed by atoms with E-state index in [0.717, 1.165) is 12.8 Å². The molecule has 2 aromatic rings. The van der Waals surface area contributed by atoms with Gasteiger partial charge in [-0.25, -0.2) is 17.8 Å². The third-order valence-electron chi connectivity index (χ3n) is 5.20. The minimum absolute atomic E-state index is 0.00601. The van der Waals surface area contributed by atoms with E-state index in [4.69, 9.17) is 4.74 Å². The van der Waals surface area contributed by atoms with Gasteiger partial charge in [-0.2, -0.15) is 4.31 Å². The maximum atomic E-state index is 13.0. The summed E-state index contributed by atoms with van der Waals surface area (Å²) in [6.07, 6.45) is 2.89. The van der Waals surface area contributed by atoms with E-state index in [1.54, 1.807) is 0 Å². The largest absolute Gasteiger partial charge is 0.439 e. The Labute approximate surface area is 162 Å². The molecule has 148 valence electrons. The molecule has 2 aliphatic heterocycles. The van der Waals surface area contributed by atoms with Gasteiger partial charge < -0.3 is 9.64 Å². The summed E-state index contributed by atoms with van der Waals surface area (Å²) in [5.74, 6) is 0.238. The van der Waals surface area contributed by atoms with Crippen LogP contribution < -0.4 is 4.74 Å². The molecule has 0 radical (unpaired) electrons. The molecule has 0 saturated carbocycles. The van der Waals surface area contributed by atoms with Crippen molar-refractivity contribution in [2.75, 3.05) is 13.1 Å². The Bertz CT molecular complexity index is 965. The van der Waals surface area contributed by atoms with E-state index in [0.29, 0.717) is 18.8 Å². The molecule has 0 unspecified atom stereocenters. The number of hydrogen-bond acceptors (Lipinski definition) is 5. The topological polar surface area (TPSA) is 79.8 Å². The van der Waals surface area contributed by atoms with Crippen LogP contribution in [0.3, 0.4) is 0 Å². The van der Waals surface area contributed by atoms with Gasteiger partial charge >= 0.3 is 0 Å². The second-order valence-corrected chi connectivity index (χ2v) is 8.96. The van der Waals surface area contributed by atoms with Crippen molar-refractivity contribution in [2.45, 2.75) is 36.7 Å². The second-order valence-electron chi connectivity index (χ2n) is 7.02. The van der Waals surface area contributed by atoms with Crippen molar-refractivity contribution in [3.05, 3.63) is 48.4 Å². The Morgan fingerprint density at radius 2 is 1.75 bits per heavy atom. The molecule has 2 bridgehead atoms. The molecule has 2 atom stereocenters. The minimum Gasteiger partial charge on any atom is -0.439 e. The van der Waals surface area contributed by atoms with Crippen LogP contribution in [0.5, 0.6) is 11.6 Å². The van der Waals surface area contributed by atoms with Gasteiger partial charge in [0.15, 0.2) is 0 Å². The van der Waals surface area contributed by atoms with Crippen LogP contribution in [-0.4, -0.2) is 53.7 Å². The van der Waals surface area contributed by atoms with Gasteiger partial charge in [0.2, 0.25) is 21.8 Å². The number of ether oxygens (including phenoxy) is 1. The van der Waals surface area contributed by atoms with Crippen LogP contribution in [0.4, 0.5) is 4.39 Å². The fourth-order valence-electron chi connectivity index (χ4n) is 3.93. The second kappa shape index (κ2) is 7.14. The monoisotopic (exact) mass is 405 g/mol. The Morgan fingerprint density at radius 1 is 1.11 bits per heavy atom. The van der Waals surface area contributed by atoms with Crippen LogP contribution in [0.15, 0.2) is 47.5 Å². The number of pyridine rings is 1. The summed E-state index contributed by atoms with van der Waals surface area (Å²) in [5, 5.41) is 0. The summed E-state index contributed by atoms with van der Waals surface area (Å²) < 4.78 is 45.9. The predicted octanol–water partition coefficient (Wildman–Crippen LogP) is 2.40. The van der Waals surface area contributed by atoms with Crippen molar-refractivity contribution in [3.63, 3.8) is 0 Å². The first-order valence-corrected chi connectivity index (χ1v) is 10.5. The Balaban J connectivity index is 1.49. The molecule has 9 heteroatoms. The third kappa shape index (κ3) is 3.47. The number of halogens is 1. The zero-order valence-electron chi connectivity index (χ0n) is 15.3. The van der Waals surface area contributed by atoms with E-state index in [1.807, 2.05) is 4.90 Å². The lowest BCUT2D eigenvalue weighted by Gasteiger charge is -2.39. The van der Waals surface area contributed by atoms with Gasteiger partial charge in [-0.15, -0.1) is 0 Å². The molecule has 1 aromatic heterocycles. The van der Waals surface area contributed by atoms with Crippen LogP contribution >= 0.6 is 0 Å². The smallest absolute Gasteiger partial charge is 0.244 e. The van der Waals surface area contributed by atoms with Gasteiger partial charge in [0.05, 0.1) is 6.20 Å². The molecule has 2 fully saturated rings. The standard InChI is InChI=1S/C19H20FN3O4S/c1-13(24)23-15-4-5-16(23)12-22(11-15)28(25,26)18-8-9-19(21-10-18)27-17-6-2-14(20)3-7-17/h2-3,6-10,15-16H,4-5,11-12H2,1H3/t15-,16+. The van der Waals surface area contributed by atoms with E-state index in [9.17, 15) is 17.6 Å². The maximum absolute atomic E-state index is 13.0. The quantitative estimate of drug-likeness (QED) is 0.780. The molecule has 28 heavy (non-hydrogen) atoms. The van der Waals surface area contributed by atoms with Gasteiger partial charge in [0.25, 0.3) is 0 Å². The van der Waals surface area contributed by atoms with Crippen molar-refractivity contribution in [3.8, 4) is 11.6 Å². The number of amides is 1. The van der Waals surface area contributed by atoms with Crippen LogP contribution in [0.25, 0.3) is 0 Å². The van der Waals surface area contributed by atoms with Crippen molar-refractivity contribution in [2.24, 2.45) is 0 Å². The van der Waals surface area contributed by atoms with Gasteiger partial charge in [-0.05, 0) is 43.2 Å². The average Bonchev–Trinajstić information content (AvgIpc) is 2.94. The highest BCUT2D eigenvalue weighted by molar-refractivity contribution is 7.89. The summed E-state index contributed by atoms with van der Waals surface area (Å²) in [5.41, 5.74) is 0. The van der Waals surface area contributed by atoms with E-state index in [-0.39, 0.29) is 34.6 Å². The Morgan fingerprint density at radius 3 is 2.29 bits per heavy atom. The first-order chi connectivity index (χ1) is 13.3. The zero-order chi connectivity index (χ0) is 19.9. The molecular formula is C19H20FN3O4S. The number of fused-ring (bicyclic) bond motifs is 2. The highest BCUT2D eigenvalue weighted by Gasteiger charge is 2.44. The summed E-state index contributed by atoms with van der Waals surface area (Å²) in [7, 11) is -3.70. The van der Waals surface area contributed by atoms with Crippen LogP contribution in [0, 0.1) is 5.82 Å². The lowest BCUT2D eigenvalue weighted by Crippen LogP contribution is -2.56. The summed E-state index contributed by atoms with van der Waals surface area (Å²) >= 11 is 0. The molecule has 0 aliphatic carbocycles. The van der Waals surface area contributed by atoms with Gasteiger partial charge in [-0.3, -0.25) is 4.79 Å². The Kier molecular flexibility index (Phi) is 4.80. The Hall–Kier alpha value is -2.52. The molecule has 2 saturated heterocycles. The van der Waals surface area contributed by atoms with Gasteiger partial charge in [0.1, 0.15) is 16.5 Å². The molecule has 0 spiro atoms. The molecular weight excluding hydrogens is 385 g/mol. The fraction of sp³-hybridized carbons (Fsp3) is 0.368. The number of sulfonamides is 1. The first kappa shape index (κ1) is 18.8. The number of hydrogen-bond donors (Lipinski definition) is 0. The van der Waals surface area contributed by atoms with E-state index < -0.39 is 10.0 Å². The highest BCUT2D eigenvalue weighted by atomic mass is 32.2. The molecule has 4 rings (SSSR count). The lowest BCUT2D eigenvalue weighted by molar-refractivity contribution is -0.133. The molecule has 3 heterocycles. The average molecular weight is 405 g/mol. The predicted molar refractivity (Wildman–Crippen MR) is 98.8 cm³/mol. The lowest BCUT2D eigenvalue weighted by atomic mass is 10.2. The molecule has 2 aliphatic rings. The van der Waals surface area contributed by atoms with Crippen molar-refractivity contribution < 1.29 is 22.3 Å². The summed E-state index contributed by atoms with van der Waals surface area (Å²) in [6.45, 7) is 2.12. The number of rotatable bonds is 4. The molecule has 1 amide bonds. The van der Waals surface area contributed by atoms with Crippen LogP contribution in [0.1, 0.15) is 19.8 Å². The number of nitrogens with zero attached hydrogens (tertiary/aromatic N) is 3. The number of benzene rings is 1. The van der Waals surface area contributed by atoms with Gasteiger partial charge in [0, 0.05) is 38.2 Å².